The summed E-state index contributed by atoms with van der Waals surface area (Å²) in [6.45, 7) is 0. The van der Waals surface area contributed by atoms with Crippen LogP contribution >= 0.6 is 0 Å². The maximum Gasteiger partial charge on any atom is 0.305 e. The number of hydrogen-bond acceptors (Lipinski definition) is 5. The van der Waals surface area contributed by atoms with E-state index in [0.717, 1.165) is 0 Å². The van der Waals surface area contributed by atoms with Crippen LogP contribution in [0.25, 0.3) is 11.3 Å². The minimum absolute atomic E-state index is 0.0817. The fourth-order valence-corrected chi connectivity index (χ4v) is 2.45. The fourth-order valence-electron chi connectivity index (χ4n) is 2.45. The highest BCUT2D eigenvalue weighted by Crippen LogP contribution is 2.25. The number of halogens is 1. The van der Waals surface area contributed by atoms with Crippen LogP contribution in [0.1, 0.15) is 20.9 Å². The van der Waals surface area contributed by atoms with Gasteiger partial charge in [0, 0.05) is 11.6 Å². The average Bonchev–Trinajstić information content (AvgIpc) is 3.21. The quantitative estimate of drug-likeness (QED) is 0.660. The monoisotopic (exact) mass is 384 g/mol. The van der Waals surface area contributed by atoms with Gasteiger partial charge in [0.2, 0.25) is 0 Å². The summed E-state index contributed by atoms with van der Waals surface area (Å²) in [6.07, 6.45) is 0. The predicted octanol–water partition coefficient (Wildman–Crippen LogP) is 3.18. The van der Waals surface area contributed by atoms with Crippen molar-refractivity contribution in [1.29, 1.82) is 0 Å². The van der Waals surface area contributed by atoms with E-state index in [9.17, 15) is 14.0 Å². The summed E-state index contributed by atoms with van der Waals surface area (Å²) in [5.41, 5.74) is 4.98. The number of carbonyl (C=O) groups is 2. The molecular formula is C20H17FN2O5. The van der Waals surface area contributed by atoms with Gasteiger partial charge >= 0.3 is 5.91 Å². The van der Waals surface area contributed by atoms with Crippen molar-refractivity contribution in [1.82, 2.24) is 10.9 Å². The maximum atomic E-state index is 13.8. The molecule has 28 heavy (non-hydrogen) atoms. The van der Waals surface area contributed by atoms with Gasteiger partial charge in [0.05, 0.1) is 19.8 Å². The first-order valence-corrected chi connectivity index (χ1v) is 8.20. The van der Waals surface area contributed by atoms with Crippen LogP contribution < -0.4 is 20.3 Å². The number of hydrazine groups is 1. The number of carbonyl (C=O) groups excluding carboxylic acids is 2. The summed E-state index contributed by atoms with van der Waals surface area (Å²) in [7, 11) is 2.92. The molecule has 8 heteroatoms. The highest BCUT2D eigenvalue weighted by molar-refractivity contribution is 5.98. The number of furan rings is 1. The van der Waals surface area contributed by atoms with Gasteiger partial charge in [-0.3, -0.25) is 20.4 Å². The fraction of sp³-hybridized carbons (Fsp3) is 0.100. The lowest BCUT2D eigenvalue weighted by molar-refractivity contribution is 0.0831. The third-order valence-corrected chi connectivity index (χ3v) is 3.87. The van der Waals surface area contributed by atoms with Gasteiger partial charge in [0.15, 0.2) is 5.76 Å². The van der Waals surface area contributed by atoms with Gasteiger partial charge in [0.25, 0.3) is 5.91 Å². The molecule has 0 aliphatic heterocycles. The normalized spacial score (nSPS) is 10.2. The number of benzene rings is 2. The molecule has 2 N–H and O–H groups in total. The second-order valence-electron chi connectivity index (χ2n) is 5.65. The van der Waals surface area contributed by atoms with Gasteiger partial charge in [-0.15, -0.1) is 0 Å². The van der Waals surface area contributed by atoms with Crippen molar-refractivity contribution in [2.75, 3.05) is 14.2 Å². The molecule has 0 saturated carbocycles. The Labute approximate surface area is 160 Å². The van der Waals surface area contributed by atoms with E-state index in [0.29, 0.717) is 11.5 Å². The second-order valence-corrected chi connectivity index (χ2v) is 5.65. The van der Waals surface area contributed by atoms with Crippen molar-refractivity contribution in [2.24, 2.45) is 0 Å². The van der Waals surface area contributed by atoms with Crippen LogP contribution in [0, 0.1) is 5.82 Å². The van der Waals surface area contributed by atoms with Crippen molar-refractivity contribution >= 4 is 11.8 Å². The lowest BCUT2D eigenvalue weighted by atomic mass is 10.1. The Morgan fingerprint density at radius 2 is 1.54 bits per heavy atom. The molecule has 7 nitrogen and oxygen atoms in total. The molecule has 0 bridgehead atoms. The number of nitrogens with one attached hydrogen (secondary N) is 2. The average molecular weight is 384 g/mol. The van der Waals surface area contributed by atoms with Crippen molar-refractivity contribution in [2.45, 2.75) is 0 Å². The molecular weight excluding hydrogens is 367 g/mol. The minimum Gasteiger partial charge on any atom is -0.497 e. The van der Waals surface area contributed by atoms with Crippen LogP contribution in [0.3, 0.4) is 0 Å². The lowest BCUT2D eigenvalue weighted by Gasteiger charge is -2.09. The van der Waals surface area contributed by atoms with Crippen LogP contribution in [0.4, 0.5) is 4.39 Å². The minimum atomic E-state index is -0.689. The van der Waals surface area contributed by atoms with Crippen molar-refractivity contribution in [3.8, 4) is 22.8 Å². The van der Waals surface area contributed by atoms with Gasteiger partial charge in [-0.2, -0.15) is 0 Å². The van der Waals surface area contributed by atoms with Crippen LogP contribution in [-0.4, -0.2) is 26.0 Å². The lowest BCUT2D eigenvalue weighted by Crippen LogP contribution is -2.41. The molecule has 3 rings (SSSR count). The first-order chi connectivity index (χ1) is 13.5. The largest absolute Gasteiger partial charge is 0.497 e. The molecule has 0 aliphatic carbocycles. The Hall–Kier alpha value is -3.81. The molecule has 3 aromatic rings. The number of methoxy groups -OCH3 is 2. The summed E-state index contributed by atoms with van der Waals surface area (Å²) in [5.74, 6) is -0.761. The number of hydrogen-bond donors (Lipinski definition) is 2. The highest BCUT2D eigenvalue weighted by Gasteiger charge is 2.16. The molecule has 0 atom stereocenters. The Balaban J connectivity index is 1.68. The van der Waals surface area contributed by atoms with E-state index in [4.69, 9.17) is 13.9 Å². The Kier molecular flexibility index (Phi) is 5.59. The van der Waals surface area contributed by atoms with Gasteiger partial charge in [-0.1, -0.05) is 12.1 Å². The SMILES string of the molecule is COc1cc(OC)cc(C(=O)NNC(=O)c2ccc(-c3ccccc3F)o2)c1. The first kappa shape index (κ1) is 19.0. The highest BCUT2D eigenvalue weighted by atomic mass is 19.1. The van der Waals surface area contributed by atoms with E-state index in [2.05, 4.69) is 10.9 Å². The molecule has 0 aliphatic rings. The molecule has 0 unspecified atom stereocenters. The summed E-state index contributed by atoms with van der Waals surface area (Å²) < 4.78 is 29.4. The van der Waals surface area contributed by atoms with E-state index in [1.54, 1.807) is 18.2 Å². The molecule has 2 aromatic carbocycles. The maximum absolute atomic E-state index is 13.8. The van der Waals surface area contributed by atoms with Crippen LogP contribution in [0.2, 0.25) is 0 Å². The van der Waals surface area contributed by atoms with Crippen LogP contribution in [-0.2, 0) is 0 Å². The zero-order valence-corrected chi connectivity index (χ0v) is 15.1. The van der Waals surface area contributed by atoms with E-state index in [1.165, 1.54) is 50.6 Å². The smallest absolute Gasteiger partial charge is 0.305 e. The zero-order valence-electron chi connectivity index (χ0n) is 15.1. The van der Waals surface area contributed by atoms with Gasteiger partial charge in [0.1, 0.15) is 23.1 Å². The second kappa shape index (κ2) is 8.26. The number of amides is 2. The molecule has 0 spiro atoms. The van der Waals surface area contributed by atoms with E-state index in [1.807, 2.05) is 0 Å². The number of rotatable bonds is 5. The number of ether oxygens (including phenoxy) is 2. The van der Waals surface area contributed by atoms with E-state index >= 15 is 0 Å². The van der Waals surface area contributed by atoms with Crippen molar-refractivity contribution < 1.29 is 27.9 Å². The van der Waals surface area contributed by atoms with Crippen molar-refractivity contribution in [3.63, 3.8) is 0 Å². The summed E-state index contributed by atoms with van der Waals surface area (Å²) in [6, 6.07) is 13.5. The molecule has 1 heterocycles. The van der Waals surface area contributed by atoms with Gasteiger partial charge < -0.3 is 13.9 Å². The van der Waals surface area contributed by atoms with E-state index in [-0.39, 0.29) is 22.6 Å². The Morgan fingerprint density at radius 1 is 0.893 bits per heavy atom. The Bertz CT molecular complexity index is 993. The molecule has 144 valence electrons. The molecule has 0 saturated heterocycles. The van der Waals surface area contributed by atoms with Crippen molar-refractivity contribution in [3.05, 3.63) is 71.7 Å². The molecule has 0 radical (unpaired) electrons. The third-order valence-electron chi connectivity index (χ3n) is 3.87. The van der Waals surface area contributed by atoms with Crippen LogP contribution in [0.5, 0.6) is 11.5 Å². The standard InChI is InChI=1S/C20H17FN2O5/c1-26-13-9-12(10-14(11-13)27-2)19(24)22-23-20(25)18-8-7-17(28-18)15-5-3-4-6-16(15)21/h3-11H,1-2H3,(H,22,24)(H,23,25). The Morgan fingerprint density at radius 3 is 2.18 bits per heavy atom. The van der Waals surface area contributed by atoms with Gasteiger partial charge in [-0.05, 0) is 36.4 Å². The predicted molar refractivity (Wildman–Crippen MR) is 98.6 cm³/mol. The first-order valence-electron chi connectivity index (χ1n) is 8.20. The van der Waals surface area contributed by atoms with E-state index < -0.39 is 17.6 Å². The molecule has 2 amide bonds. The summed E-state index contributed by atoms with van der Waals surface area (Å²) in [4.78, 5) is 24.5. The molecule has 0 fully saturated rings. The van der Waals surface area contributed by atoms with Gasteiger partial charge in [-0.25, -0.2) is 4.39 Å². The third kappa shape index (κ3) is 4.12. The summed E-state index contributed by atoms with van der Waals surface area (Å²) in [5, 5.41) is 0. The topological polar surface area (TPSA) is 89.8 Å². The zero-order chi connectivity index (χ0) is 20.1. The molecule has 1 aromatic heterocycles. The van der Waals surface area contributed by atoms with Crippen LogP contribution in [0.15, 0.2) is 59.0 Å². The summed E-state index contributed by atoms with van der Waals surface area (Å²) >= 11 is 0.